The average Bonchev–Trinajstić information content (AvgIpc) is 3.28. The molecule has 1 aromatic carbocycles. The maximum absolute atomic E-state index is 13.8. The van der Waals surface area contributed by atoms with Gasteiger partial charge in [0.25, 0.3) is 5.91 Å². The number of halogens is 2. The lowest BCUT2D eigenvalue weighted by Gasteiger charge is -2.41. The number of fused-ring (bicyclic) bond motifs is 1. The molecule has 1 fully saturated rings. The van der Waals surface area contributed by atoms with Gasteiger partial charge in [0, 0.05) is 60.9 Å². The third kappa shape index (κ3) is 5.87. The number of rotatable bonds is 6. The maximum atomic E-state index is 13.8. The Hall–Kier alpha value is -3.35. The molecule has 13 heteroatoms. The standard InChI is InChI=1S/C25H27ClFN7O3S/c1-15-9-19(6-8-34(15)24(35)16-5-7-28-23(10-16)32-38(2,36)37)33-13-17-12-29-25(31-22(17)14-33)30-18-3-4-20(26)21(27)11-18/h3-5,7,10-12,15,19H,6,8-9,13-14H2,1-2H3,(H,28,32)(H,29,30,31)/t15-,19-/m1/s1. The molecule has 2 aliphatic rings. The Morgan fingerprint density at radius 2 is 2.00 bits per heavy atom. The second-order valence-electron chi connectivity index (χ2n) is 9.65. The number of sulfonamides is 1. The van der Waals surface area contributed by atoms with Gasteiger partial charge in [-0.15, -0.1) is 0 Å². The first-order chi connectivity index (χ1) is 18.1. The molecule has 0 bridgehead atoms. The van der Waals surface area contributed by atoms with Crippen molar-refractivity contribution in [2.45, 2.75) is 44.9 Å². The first kappa shape index (κ1) is 26.3. The van der Waals surface area contributed by atoms with Crippen molar-refractivity contribution < 1.29 is 17.6 Å². The van der Waals surface area contributed by atoms with Crippen molar-refractivity contribution in [1.82, 2.24) is 24.8 Å². The summed E-state index contributed by atoms with van der Waals surface area (Å²) >= 11 is 5.76. The predicted octanol–water partition coefficient (Wildman–Crippen LogP) is 3.79. The third-order valence-corrected chi connectivity index (χ3v) is 7.67. The molecule has 2 aromatic heterocycles. The molecule has 200 valence electrons. The Morgan fingerprint density at radius 1 is 1.18 bits per heavy atom. The van der Waals surface area contributed by atoms with E-state index in [2.05, 4.69) is 29.9 Å². The molecule has 0 unspecified atom stereocenters. The molecule has 38 heavy (non-hydrogen) atoms. The van der Waals surface area contributed by atoms with Gasteiger partial charge in [-0.25, -0.2) is 27.8 Å². The Balaban J connectivity index is 1.21. The fourth-order valence-corrected chi connectivity index (χ4v) is 5.56. The molecule has 1 amide bonds. The molecule has 0 radical (unpaired) electrons. The smallest absolute Gasteiger partial charge is 0.254 e. The molecule has 1 saturated heterocycles. The number of likely N-dealkylation sites (tertiary alicyclic amines) is 1. The number of pyridine rings is 1. The van der Waals surface area contributed by atoms with Gasteiger partial charge in [0.1, 0.15) is 11.6 Å². The van der Waals surface area contributed by atoms with Crippen LogP contribution in [-0.2, 0) is 23.1 Å². The molecule has 2 atom stereocenters. The van der Waals surface area contributed by atoms with Crippen LogP contribution in [0.3, 0.4) is 0 Å². The lowest BCUT2D eigenvalue weighted by molar-refractivity contribution is 0.0460. The summed E-state index contributed by atoms with van der Waals surface area (Å²) in [6.45, 7) is 3.99. The zero-order chi connectivity index (χ0) is 27.0. The minimum Gasteiger partial charge on any atom is -0.336 e. The SMILES string of the molecule is C[C@@H]1C[C@H](N2Cc3cnc(Nc4ccc(Cl)c(F)c4)nc3C2)CCN1C(=O)c1ccnc(NS(C)(=O)=O)c1. The van der Waals surface area contributed by atoms with E-state index in [9.17, 15) is 17.6 Å². The van der Waals surface area contributed by atoms with E-state index in [1.165, 1.54) is 24.4 Å². The molecule has 0 aliphatic carbocycles. The number of piperidine rings is 1. The summed E-state index contributed by atoms with van der Waals surface area (Å²) < 4.78 is 39.1. The van der Waals surface area contributed by atoms with E-state index in [0.29, 0.717) is 30.3 Å². The van der Waals surface area contributed by atoms with Crippen molar-refractivity contribution in [1.29, 1.82) is 0 Å². The van der Waals surface area contributed by atoms with Crippen LogP contribution in [-0.4, -0.2) is 64.0 Å². The monoisotopic (exact) mass is 559 g/mol. The normalized spacial score (nSPS) is 19.7. The fraction of sp³-hybridized carbons (Fsp3) is 0.360. The second-order valence-corrected chi connectivity index (χ2v) is 11.8. The quantitative estimate of drug-likeness (QED) is 0.468. The van der Waals surface area contributed by atoms with Gasteiger partial charge in [-0.3, -0.25) is 14.4 Å². The van der Waals surface area contributed by atoms with E-state index in [0.717, 1.165) is 36.9 Å². The number of hydrogen-bond donors (Lipinski definition) is 2. The summed E-state index contributed by atoms with van der Waals surface area (Å²) in [6, 6.07) is 7.76. The summed E-state index contributed by atoms with van der Waals surface area (Å²) in [6.07, 6.45) is 5.85. The van der Waals surface area contributed by atoms with Crippen molar-refractivity contribution in [3.63, 3.8) is 0 Å². The lowest BCUT2D eigenvalue weighted by Crippen LogP contribution is -2.50. The number of nitrogens with zero attached hydrogens (tertiary/aromatic N) is 5. The molecule has 2 N–H and O–H groups in total. The summed E-state index contributed by atoms with van der Waals surface area (Å²) in [5.41, 5.74) is 2.87. The van der Waals surface area contributed by atoms with E-state index in [1.54, 1.807) is 18.3 Å². The van der Waals surface area contributed by atoms with Crippen LogP contribution >= 0.6 is 11.6 Å². The highest BCUT2D eigenvalue weighted by Crippen LogP contribution is 2.31. The van der Waals surface area contributed by atoms with Crippen molar-refractivity contribution in [2.75, 3.05) is 22.8 Å². The number of amides is 1. The highest BCUT2D eigenvalue weighted by atomic mass is 35.5. The molecule has 5 rings (SSSR count). The molecule has 10 nitrogen and oxygen atoms in total. The first-order valence-electron chi connectivity index (χ1n) is 12.1. The van der Waals surface area contributed by atoms with E-state index in [-0.39, 0.29) is 28.8 Å². The summed E-state index contributed by atoms with van der Waals surface area (Å²) in [4.78, 5) is 30.4. The van der Waals surface area contributed by atoms with Crippen LogP contribution in [0.25, 0.3) is 0 Å². The minimum atomic E-state index is -3.49. The number of anilines is 3. The summed E-state index contributed by atoms with van der Waals surface area (Å²) in [5, 5.41) is 3.08. The predicted molar refractivity (Wildman–Crippen MR) is 142 cm³/mol. The highest BCUT2D eigenvalue weighted by Gasteiger charge is 2.35. The Morgan fingerprint density at radius 3 is 2.74 bits per heavy atom. The zero-order valence-corrected chi connectivity index (χ0v) is 22.4. The third-order valence-electron chi connectivity index (χ3n) is 6.78. The van der Waals surface area contributed by atoms with Crippen LogP contribution in [0.15, 0.2) is 42.7 Å². The number of aromatic nitrogens is 3. The van der Waals surface area contributed by atoms with Crippen molar-refractivity contribution >= 4 is 45.0 Å². The van der Waals surface area contributed by atoms with Gasteiger partial charge in [0.05, 0.1) is 17.0 Å². The van der Waals surface area contributed by atoms with E-state index >= 15 is 0 Å². The van der Waals surface area contributed by atoms with Crippen LogP contribution in [0.1, 0.15) is 41.4 Å². The van der Waals surface area contributed by atoms with E-state index in [1.807, 2.05) is 11.8 Å². The lowest BCUT2D eigenvalue weighted by atomic mass is 9.96. The summed E-state index contributed by atoms with van der Waals surface area (Å²) in [7, 11) is -3.49. The average molecular weight is 560 g/mol. The van der Waals surface area contributed by atoms with Gasteiger partial charge < -0.3 is 10.2 Å². The van der Waals surface area contributed by atoms with Crippen molar-refractivity contribution in [3.05, 3.63) is 70.4 Å². The molecule has 3 aromatic rings. The van der Waals surface area contributed by atoms with Gasteiger partial charge in [-0.2, -0.15) is 0 Å². The van der Waals surface area contributed by atoms with Crippen molar-refractivity contribution in [2.24, 2.45) is 0 Å². The molecular weight excluding hydrogens is 533 g/mol. The van der Waals surface area contributed by atoms with E-state index in [4.69, 9.17) is 11.6 Å². The number of carbonyl (C=O) groups is 1. The molecule has 0 saturated carbocycles. The van der Waals surface area contributed by atoms with Gasteiger partial charge in [-0.1, -0.05) is 11.6 Å². The number of benzene rings is 1. The maximum Gasteiger partial charge on any atom is 0.254 e. The van der Waals surface area contributed by atoms with Gasteiger partial charge in [-0.05, 0) is 50.1 Å². The van der Waals surface area contributed by atoms with Crippen LogP contribution in [0.4, 0.5) is 21.8 Å². The molecular formula is C25H27ClFN7O3S. The number of carbonyl (C=O) groups excluding carboxylic acids is 1. The molecule has 0 spiro atoms. The second kappa shape index (κ2) is 10.4. The van der Waals surface area contributed by atoms with Gasteiger partial charge in [0.2, 0.25) is 16.0 Å². The Kier molecular flexibility index (Phi) is 7.21. The van der Waals surface area contributed by atoms with Crippen LogP contribution in [0.5, 0.6) is 0 Å². The van der Waals surface area contributed by atoms with Crippen LogP contribution < -0.4 is 10.0 Å². The molecule has 2 aliphatic heterocycles. The van der Waals surface area contributed by atoms with Crippen molar-refractivity contribution in [3.8, 4) is 0 Å². The highest BCUT2D eigenvalue weighted by molar-refractivity contribution is 7.92. The van der Waals surface area contributed by atoms with Gasteiger partial charge >= 0.3 is 0 Å². The Bertz CT molecular complexity index is 1490. The number of hydrogen-bond acceptors (Lipinski definition) is 8. The Labute approximate surface area is 225 Å². The topological polar surface area (TPSA) is 120 Å². The first-order valence-corrected chi connectivity index (χ1v) is 14.4. The minimum absolute atomic E-state index is 0.00689. The molecule has 4 heterocycles. The largest absolute Gasteiger partial charge is 0.336 e. The fourth-order valence-electron chi connectivity index (χ4n) is 4.96. The van der Waals surface area contributed by atoms with E-state index < -0.39 is 15.8 Å². The van der Waals surface area contributed by atoms with Crippen LogP contribution in [0, 0.1) is 5.82 Å². The number of nitrogens with one attached hydrogen (secondary N) is 2. The van der Waals surface area contributed by atoms with Gasteiger partial charge in [0.15, 0.2) is 0 Å². The van der Waals surface area contributed by atoms with Crippen LogP contribution in [0.2, 0.25) is 5.02 Å². The summed E-state index contributed by atoms with van der Waals surface area (Å²) in [5.74, 6) is -0.159. The zero-order valence-electron chi connectivity index (χ0n) is 20.9.